The largest absolute Gasteiger partial charge is 0.455 e. The first kappa shape index (κ1) is 17.6. The number of nitrogens with zero attached hydrogens (tertiary/aromatic N) is 3. The van der Waals surface area contributed by atoms with Gasteiger partial charge in [0.1, 0.15) is 11.3 Å². The average Bonchev–Trinajstić information content (AvgIpc) is 3.39. The van der Waals surface area contributed by atoms with Gasteiger partial charge < -0.3 is 4.42 Å². The fraction of sp³-hybridized carbons (Fsp3) is 0.0870. The van der Waals surface area contributed by atoms with Crippen molar-refractivity contribution in [2.24, 2.45) is 5.10 Å². The number of pyridine rings is 1. The van der Waals surface area contributed by atoms with Crippen LogP contribution in [0, 0.1) is 0 Å². The number of carbonyl (C=O) groups excluding carboxylic acids is 1. The molecule has 3 heterocycles. The van der Waals surface area contributed by atoms with Crippen LogP contribution in [0.4, 0.5) is 0 Å². The van der Waals surface area contributed by atoms with Gasteiger partial charge in [-0.25, -0.2) is 5.01 Å². The van der Waals surface area contributed by atoms with Crippen molar-refractivity contribution in [2.75, 3.05) is 0 Å². The number of rotatable bonds is 3. The van der Waals surface area contributed by atoms with E-state index in [0.717, 1.165) is 22.2 Å². The van der Waals surface area contributed by atoms with E-state index in [-0.39, 0.29) is 11.9 Å². The quantitative estimate of drug-likeness (QED) is 0.457. The Morgan fingerprint density at radius 3 is 2.55 bits per heavy atom. The van der Waals surface area contributed by atoms with E-state index in [2.05, 4.69) is 10.1 Å². The second-order valence-corrected chi connectivity index (χ2v) is 7.29. The number of halogens is 1. The van der Waals surface area contributed by atoms with Crippen LogP contribution in [0.1, 0.15) is 34.1 Å². The van der Waals surface area contributed by atoms with Crippen molar-refractivity contribution in [3.05, 3.63) is 101 Å². The van der Waals surface area contributed by atoms with Crippen molar-refractivity contribution in [1.29, 1.82) is 0 Å². The number of para-hydroxylation sites is 1. The van der Waals surface area contributed by atoms with Crippen LogP contribution < -0.4 is 0 Å². The molecule has 0 spiro atoms. The van der Waals surface area contributed by atoms with E-state index in [4.69, 9.17) is 16.0 Å². The third-order valence-corrected chi connectivity index (χ3v) is 5.26. The van der Waals surface area contributed by atoms with Crippen LogP contribution in [0.2, 0.25) is 5.02 Å². The summed E-state index contributed by atoms with van der Waals surface area (Å²) in [5.74, 6) is 0.494. The summed E-state index contributed by atoms with van der Waals surface area (Å²) in [6, 6.07) is 20.4. The molecule has 1 atom stereocenters. The predicted molar refractivity (Wildman–Crippen MR) is 112 cm³/mol. The normalized spacial score (nSPS) is 16.2. The minimum absolute atomic E-state index is 0.182. The summed E-state index contributed by atoms with van der Waals surface area (Å²) >= 11 is 6.05. The molecule has 5 rings (SSSR count). The average molecular weight is 402 g/mol. The lowest BCUT2D eigenvalue weighted by atomic mass is 10.0. The highest BCUT2D eigenvalue weighted by Gasteiger charge is 2.34. The molecule has 1 aliphatic heterocycles. The maximum atomic E-state index is 13.2. The summed E-state index contributed by atoms with van der Waals surface area (Å²) < 4.78 is 5.99. The van der Waals surface area contributed by atoms with Gasteiger partial charge in [-0.1, -0.05) is 41.9 Å². The summed E-state index contributed by atoms with van der Waals surface area (Å²) in [6.45, 7) is 0. The molecule has 2 aromatic carbocycles. The molecule has 0 radical (unpaired) electrons. The molecule has 0 saturated heterocycles. The molecule has 29 heavy (non-hydrogen) atoms. The first-order valence-corrected chi connectivity index (χ1v) is 9.62. The minimum Gasteiger partial charge on any atom is -0.455 e. The van der Waals surface area contributed by atoms with Gasteiger partial charge in [0, 0.05) is 34.8 Å². The van der Waals surface area contributed by atoms with Gasteiger partial charge in [-0.05, 0) is 42.0 Å². The number of furan rings is 1. The van der Waals surface area contributed by atoms with Crippen LogP contribution in [-0.4, -0.2) is 21.6 Å². The van der Waals surface area contributed by atoms with E-state index in [1.165, 1.54) is 5.01 Å². The molecule has 0 N–H and O–H groups in total. The van der Waals surface area contributed by atoms with E-state index in [1.54, 1.807) is 24.5 Å². The van der Waals surface area contributed by atoms with Crippen molar-refractivity contribution in [3.63, 3.8) is 0 Å². The Kier molecular flexibility index (Phi) is 4.37. The zero-order valence-electron chi connectivity index (χ0n) is 15.3. The van der Waals surface area contributed by atoms with Crippen LogP contribution in [0.25, 0.3) is 11.0 Å². The Labute approximate surface area is 172 Å². The Hall–Kier alpha value is -3.44. The number of carbonyl (C=O) groups is 1. The van der Waals surface area contributed by atoms with E-state index < -0.39 is 0 Å². The molecule has 142 valence electrons. The number of hydrogen-bond acceptors (Lipinski definition) is 4. The van der Waals surface area contributed by atoms with Crippen LogP contribution in [-0.2, 0) is 0 Å². The number of benzene rings is 2. The fourth-order valence-electron chi connectivity index (χ4n) is 3.54. The molecule has 6 heteroatoms. The Morgan fingerprint density at radius 1 is 1.03 bits per heavy atom. The predicted octanol–water partition coefficient (Wildman–Crippen LogP) is 5.47. The third kappa shape index (κ3) is 3.30. The monoisotopic (exact) mass is 401 g/mol. The molecule has 1 amide bonds. The van der Waals surface area contributed by atoms with Crippen molar-refractivity contribution < 1.29 is 9.21 Å². The molecule has 1 aliphatic rings. The maximum Gasteiger partial charge on any atom is 0.274 e. The SMILES string of the molecule is O=C(c1ccncc1)N1N=C(c2cc3ccccc3o2)CC1c1ccc(Cl)cc1. The smallest absolute Gasteiger partial charge is 0.274 e. The molecule has 1 unspecified atom stereocenters. The molecule has 0 aliphatic carbocycles. The van der Waals surface area contributed by atoms with Gasteiger partial charge in [-0.3, -0.25) is 9.78 Å². The van der Waals surface area contributed by atoms with Crippen LogP contribution in [0.3, 0.4) is 0 Å². The van der Waals surface area contributed by atoms with Crippen molar-refractivity contribution >= 4 is 34.2 Å². The molecule has 0 bridgehead atoms. The van der Waals surface area contributed by atoms with Gasteiger partial charge in [0.25, 0.3) is 5.91 Å². The van der Waals surface area contributed by atoms with Gasteiger partial charge >= 0.3 is 0 Å². The number of hydrazone groups is 1. The van der Waals surface area contributed by atoms with Gasteiger partial charge in [-0.15, -0.1) is 0 Å². The third-order valence-electron chi connectivity index (χ3n) is 5.01. The zero-order valence-corrected chi connectivity index (χ0v) is 16.1. The van der Waals surface area contributed by atoms with Crippen molar-refractivity contribution in [3.8, 4) is 0 Å². The van der Waals surface area contributed by atoms with Crippen LogP contribution >= 0.6 is 11.6 Å². The maximum absolute atomic E-state index is 13.2. The highest BCUT2D eigenvalue weighted by atomic mass is 35.5. The van der Waals surface area contributed by atoms with Gasteiger partial charge in [0.2, 0.25) is 0 Å². The van der Waals surface area contributed by atoms with Crippen LogP contribution in [0.15, 0.2) is 88.6 Å². The summed E-state index contributed by atoms with van der Waals surface area (Å²) in [5.41, 5.74) is 3.04. The Morgan fingerprint density at radius 2 is 1.79 bits per heavy atom. The Bertz CT molecular complexity index is 1180. The number of amides is 1. The number of aromatic nitrogens is 1. The van der Waals surface area contributed by atoms with E-state index >= 15 is 0 Å². The first-order chi connectivity index (χ1) is 14.2. The molecular formula is C23H16ClN3O2. The van der Waals surface area contributed by atoms with Gasteiger partial charge in [0.05, 0.1) is 6.04 Å². The second kappa shape index (κ2) is 7.18. The zero-order chi connectivity index (χ0) is 19.8. The molecule has 4 aromatic rings. The summed E-state index contributed by atoms with van der Waals surface area (Å²) in [4.78, 5) is 17.2. The van der Waals surface area contributed by atoms with Crippen molar-refractivity contribution in [2.45, 2.75) is 12.5 Å². The van der Waals surface area contributed by atoms with Gasteiger partial charge in [-0.2, -0.15) is 5.10 Å². The summed E-state index contributed by atoms with van der Waals surface area (Å²) in [7, 11) is 0. The summed E-state index contributed by atoms with van der Waals surface area (Å²) in [6.07, 6.45) is 3.76. The molecule has 5 nitrogen and oxygen atoms in total. The highest BCUT2D eigenvalue weighted by molar-refractivity contribution is 6.30. The fourth-order valence-corrected chi connectivity index (χ4v) is 3.67. The molecular weight excluding hydrogens is 386 g/mol. The van der Waals surface area contributed by atoms with Crippen LogP contribution in [0.5, 0.6) is 0 Å². The lowest BCUT2D eigenvalue weighted by Crippen LogP contribution is -2.27. The Balaban J connectivity index is 1.56. The number of fused-ring (bicyclic) bond motifs is 1. The van der Waals surface area contributed by atoms with Gasteiger partial charge in [0.15, 0.2) is 5.76 Å². The second-order valence-electron chi connectivity index (χ2n) is 6.85. The standard InChI is InChI=1S/C23H16ClN3O2/c24-18-7-5-15(6-8-18)20-14-19(22-13-17-3-1-2-4-21(17)29-22)26-27(20)23(28)16-9-11-25-12-10-16/h1-13,20H,14H2. The van der Waals surface area contributed by atoms with Crippen molar-refractivity contribution in [1.82, 2.24) is 9.99 Å². The van der Waals surface area contributed by atoms with E-state index in [9.17, 15) is 4.79 Å². The molecule has 0 saturated carbocycles. The minimum atomic E-state index is -0.240. The van der Waals surface area contributed by atoms with E-state index in [0.29, 0.717) is 22.8 Å². The lowest BCUT2D eigenvalue weighted by molar-refractivity contribution is 0.0711. The topological polar surface area (TPSA) is 58.7 Å². The summed E-state index contributed by atoms with van der Waals surface area (Å²) in [5, 5.41) is 7.85. The lowest BCUT2D eigenvalue weighted by Gasteiger charge is -2.22. The molecule has 2 aromatic heterocycles. The van der Waals surface area contributed by atoms with E-state index in [1.807, 2.05) is 54.6 Å². The molecule has 0 fully saturated rings. The highest BCUT2D eigenvalue weighted by Crippen LogP contribution is 2.35. The number of hydrogen-bond donors (Lipinski definition) is 0. The first-order valence-electron chi connectivity index (χ1n) is 9.24.